The fourth-order valence-corrected chi connectivity index (χ4v) is 3.78. The van der Waals surface area contributed by atoms with Crippen LogP contribution in [-0.2, 0) is 27.4 Å². The Morgan fingerprint density at radius 1 is 0.914 bits per heavy atom. The lowest BCUT2D eigenvalue weighted by Crippen LogP contribution is -2.46. The summed E-state index contributed by atoms with van der Waals surface area (Å²) in [7, 11) is 0. The number of hydrogen-bond acceptors (Lipinski definition) is 6. The van der Waals surface area contributed by atoms with Crippen LogP contribution in [0.5, 0.6) is 5.75 Å². The number of nitrogens with one attached hydrogen (secondary N) is 1. The van der Waals surface area contributed by atoms with E-state index in [2.05, 4.69) is 5.32 Å². The molecule has 2 unspecified atom stereocenters. The van der Waals surface area contributed by atoms with Gasteiger partial charge in [0, 0.05) is 6.42 Å². The second-order valence-corrected chi connectivity index (χ2v) is 8.70. The molecule has 0 aromatic heterocycles. The van der Waals surface area contributed by atoms with Crippen LogP contribution >= 0.6 is 0 Å². The van der Waals surface area contributed by atoms with E-state index in [1.165, 1.54) is 12.1 Å². The molecule has 9 nitrogen and oxygen atoms in total. The van der Waals surface area contributed by atoms with Crippen molar-refractivity contribution in [2.24, 2.45) is 11.8 Å². The van der Waals surface area contributed by atoms with E-state index in [9.17, 15) is 29.7 Å². The lowest BCUT2D eigenvalue weighted by atomic mass is 9.86. The Morgan fingerprint density at radius 3 is 2.17 bits per heavy atom. The fraction of sp³-hybridized carbons (Fsp3) is 0.423. The van der Waals surface area contributed by atoms with Gasteiger partial charge >= 0.3 is 18.0 Å². The largest absolute Gasteiger partial charge is 0.508 e. The number of amides is 1. The average Bonchev–Trinajstić information content (AvgIpc) is 2.83. The van der Waals surface area contributed by atoms with Gasteiger partial charge < -0.3 is 30.5 Å². The molecule has 0 radical (unpaired) electrons. The maximum Gasteiger partial charge on any atom is 0.407 e. The van der Waals surface area contributed by atoms with Gasteiger partial charge in [0.15, 0.2) is 0 Å². The van der Waals surface area contributed by atoms with Crippen molar-refractivity contribution in [1.29, 1.82) is 0 Å². The third-order valence-corrected chi connectivity index (χ3v) is 5.92. The molecule has 0 saturated heterocycles. The normalized spacial score (nSPS) is 14.3. The highest BCUT2D eigenvalue weighted by atomic mass is 16.5. The zero-order valence-corrected chi connectivity index (χ0v) is 19.7. The van der Waals surface area contributed by atoms with Gasteiger partial charge in [-0.05, 0) is 54.9 Å². The number of ether oxygens (including phenoxy) is 1. The second-order valence-electron chi connectivity index (χ2n) is 8.70. The molecular weight excluding hydrogens is 454 g/mol. The number of carbonyl (C=O) groups is 3. The molecule has 1 amide bonds. The van der Waals surface area contributed by atoms with Gasteiger partial charge in [-0.1, -0.05) is 49.4 Å². The molecule has 0 aliphatic heterocycles. The number of aliphatic hydroxyl groups is 1. The zero-order valence-electron chi connectivity index (χ0n) is 19.7. The minimum atomic E-state index is -1.10. The molecule has 0 fully saturated rings. The Balaban J connectivity index is 1.95. The highest BCUT2D eigenvalue weighted by Gasteiger charge is 2.29. The van der Waals surface area contributed by atoms with Gasteiger partial charge in [-0.25, -0.2) is 4.79 Å². The molecule has 0 bridgehead atoms. The maximum absolute atomic E-state index is 12.3. The topological polar surface area (TPSA) is 153 Å². The van der Waals surface area contributed by atoms with Crippen LogP contribution in [-0.4, -0.2) is 50.6 Å². The number of aliphatic carboxylic acids is 2. The van der Waals surface area contributed by atoms with E-state index in [4.69, 9.17) is 9.84 Å². The summed E-state index contributed by atoms with van der Waals surface area (Å²) in [6.07, 6.45) is -1.24. The molecule has 2 aromatic carbocycles. The maximum atomic E-state index is 12.3. The molecule has 0 heterocycles. The van der Waals surface area contributed by atoms with Crippen molar-refractivity contribution in [2.45, 2.75) is 57.8 Å². The summed E-state index contributed by atoms with van der Waals surface area (Å²) in [5.74, 6) is -3.04. The van der Waals surface area contributed by atoms with Gasteiger partial charge in [0.05, 0.1) is 18.1 Å². The van der Waals surface area contributed by atoms with E-state index < -0.39 is 42.0 Å². The minimum Gasteiger partial charge on any atom is -0.508 e. The third kappa shape index (κ3) is 10.1. The van der Waals surface area contributed by atoms with E-state index in [1.807, 2.05) is 18.2 Å². The Hall–Kier alpha value is -3.59. The standard InChI is InChI=1S/C26H33NO8/c1-17(7-10-20(25(32)33)15-18-8-11-21(28)12-9-18)24(31)22(13-14-23(29)30)27-26(34)35-16-19-5-3-2-4-6-19/h2-6,8-9,11-12,17,20,22,24,28,31H,7,10,13-16H2,1H3,(H,27,34)(H,29,30)(H,32,33)/t17?,20-,22-,24?/m0/s1. The van der Waals surface area contributed by atoms with Gasteiger partial charge in [0.1, 0.15) is 12.4 Å². The number of benzene rings is 2. The number of alkyl carbamates (subject to hydrolysis) is 1. The Bertz CT molecular complexity index is 948. The first-order chi connectivity index (χ1) is 16.7. The van der Waals surface area contributed by atoms with Gasteiger partial charge in [-0.2, -0.15) is 0 Å². The van der Waals surface area contributed by atoms with E-state index in [0.29, 0.717) is 6.42 Å². The molecule has 2 aromatic rings. The fourth-order valence-electron chi connectivity index (χ4n) is 3.78. The van der Waals surface area contributed by atoms with Gasteiger partial charge in [0.25, 0.3) is 0 Å². The summed E-state index contributed by atoms with van der Waals surface area (Å²) in [6, 6.07) is 14.5. The van der Waals surface area contributed by atoms with Crippen LogP contribution in [0.15, 0.2) is 54.6 Å². The summed E-state index contributed by atoms with van der Waals surface area (Å²) in [4.78, 5) is 35.1. The number of aromatic hydroxyl groups is 1. The summed E-state index contributed by atoms with van der Waals surface area (Å²) < 4.78 is 5.20. The SMILES string of the molecule is CC(CC[C@@H](Cc1ccc(O)cc1)C(=O)O)C(O)[C@H](CCC(=O)O)NC(=O)OCc1ccccc1. The van der Waals surface area contributed by atoms with Gasteiger partial charge in [-0.15, -0.1) is 0 Å². The highest BCUT2D eigenvalue weighted by molar-refractivity contribution is 5.70. The third-order valence-electron chi connectivity index (χ3n) is 5.92. The van der Waals surface area contributed by atoms with Crippen molar-refractivity contribution in [3.05, 3.63) is 65.7 Å². The van der Waals surface area contributed by atoms with Crippen LogP contribution in [0.4, 0.5) is 4.79 Å². The van der Waals surface area contributed by atoms with Crippen molar-refractivity contribution >= 4 is 18.0 Å². The molecule has 190 valence electrons. The Morgan fingerprint density at radius 2 is 1.57 bits per heavy atom. The molecule has 2 rings (SSSR count). The first-order valence-corrected chi connectivity index (χ1v) is 11.5. The molecule has 4 atom stereocenters. The number of phenols is 1. The molecule has 9 heteroatoms. The quantitative estimate of drug-likeness (QED) is 0.271. The number of rotatable bonds is 14. The van der Waals surface area contributed by atoms with Gasteiger partial charge in [-0.3, -0.25) is 9.59 Å². The van der Waals surface area contributed by atoms with E-state index in [0.717, 1.165) is 11.1 Å². The summed E-state index contributed by atoms with van der Waals surface area (Å²) in [5.41, 5.74) is 1.55. The van der Waals surface area contributed by atoms with E-state index >= 15 is 0 Å². The molecule has 0 aliphatic carbocycles. The second kappa shape index (κ2) is 14.0. The Kier molecular flexibility index (Phi) is 11.0. The van der Waals surface area contributed by atoms with Crippen LogP contribution in [0.25, 0.3) is 0 Å². The van der Waals surface area contributed by atoms with E-state index in [-0.39, 0.29) is 38.0 Å². The van der Waals surface area contributed by atoms with Crippen molar-refractivity contribution in [3.8, 4) is 5.75 Å². The summed E-state index contributed by atoms with van der Waals surface area (Å²) >= 11 is 0. The smallest absolute Gasteiger partial charge is 0.407 e. The predicted molar refractivity (Wildman–Crippen MR) is 128 cm³/mol. The molecular formula is C26H33NO8. The average molecular weight is 488 g/mol. The first-order valence-electron chi connectivity index (χ1n) is 11.5. The number of carboxylic acids is 2. The molecule has 35 heavy (non-hydrogen) atoms. The lowest BCUT2D eigenvalue weighted by molar-refractivity contribution is -0.142. The molecule has 0 saturated carbocycles. The van der Waals surface area contributed by atoms with Crippen LogP contribution in [0, 0.1) is 11.8 Å². The first kappa shape index (κ1) is 27.7. The summed E-state index contributed by atoms with van der Waals surface area (Å²) in [5, 5.41) is 41.5. The zero-order chi connectivity index (χ0) is 25.8. The number of aliphatic hydroxyl groups excluding tert-OH is 1. The lowest BCUT2D eigenvalue weighted by Gasteiger charge is -2.28. The number of carbonyl (C=O) groups excluding carboxylic acids is 1. The van der Waals surface area contributed by atoms with Crippen molar-refractivity contribution in [3.63, 3.8) is 0 Å². The molecule has 0 spiro atoms. The van der Waals surface area contributed by atoms with Crippen LogP contribution in [0.1, 0.15) is 43.7 Å². The van der Waals surface area contributed by atoms with Crippen molar-refractivity contribution < 1.29 is 39.5 Å². The van der Waals surface area contributed by atoms with Crippen LogP contribution in [0.3, 0.4) is 0 Å². The summed E-state index contributed by atoms with van der Waals surface area (Å²) in [6.45, 7) is 1.76. The van der Waals surface area contributed by atoms with Crippen molar-refractivity contribution in [2.75, 3.05) is 0 Å². The molecule has 5 N–H and O–H groups in total. The number of phenolic OH excluding ortho intramolecular Hbond substituents is 1. The predicted octanol–water partition coefficient (Wildman–Crippen LogP) is 3.57. The van der Waals surface area contributed by atoms with Gasteiger partial charge in [0.2, 0.25) is 0 Å². The number of carboxylic acid groups (broad SMARTS) is 2. The van der Waals surface area contributed by atoms with Crippen molar-refractivity contribution in [1.82, 2.24) is 5.32 Å². The molecule has 0 aliphatic rings. The highest BCUT2D eigenvalue weighted by Crippen LogP contribution is 2.23. The Labute approximate surface area is 204 Å². The van der Waals surface area contributed by atoms with Crippen LogP contribution in [0.2, 0.25) is 0 Å². The van der Waals surface area contributed by atoms with E-state index in [1.54, 1.807) is 31.2 Å². The van der Waals surface area contributed by atoms with Crippen LogP contribution < -0.4 is 5.32 Å². The monoisotopic (exact) mass is 487 g/mol. The minimum absolute atomic E-state index is 0.00283. The number of hydrogen-bond donors (Lipinski definition) is 5.